The van der Waals surface area contributed by atoms with Crippen LogP contribution in [-0.2, 0) is 36.2 Å². The molecule has 0 unspecified atom stereocenters. The number of anilines is 1. The largest absolute Gasteiger partial charge is 0.465 e. The lowest BCUT2D eigenvalue weighted by atomic mass is 9.96. The number of rotatable bonds is 11. The van der Waals surface area contributed by atoms with Gasteiger partial charge in [-0.05, 0) is 67.6 Å². The highest BCUT2D eigenvalue weighted by Gasteiger charge is 2.52. The fraction of sp³-hybridized carbons (Fsp3) is 0.286. The minimum atomic E-state index is -4.14. The molecule has 0 spiro atoms. The molecule has 0 bridgehead atoms. The van der Waals surface area contributed by atoms with Gasteiger partial charge >= 0.3 is 5.97 Å². The third-order valence-corrected chi connectivity index (χ3v) is 9.02. The summed E-state index contributed by atoms with van der Waals surface area (Å²) in [7, 11) is -4.14. The minimum absolute atomic E-state index is 0.0192. The molecule has 1 fully saturated rings. The molecule has 3 aromatic rings. The van der Waals surface area contributed by atoms with Crippen LogP contribution in [0.25, 0.3) is 0 Å². The molecule has 7 nitrogen and oxygen atoms in total. The van der Waals surface area contributed by atoms with Crippen molar-refractivity contribution >= 4 is 50.8 Å². The van der Waals surface area contributed by atoms with Crippen LogP contribution in [0.1, 0.15) is 30.9 Å². The summed E-state index contributed by atoms with van der Waals surface area (Å²) >= 11 is 12.3. The molecule has 0 aliphatic heterocycles. The number of sulfonamides is 1. The molecule has 0 saturated heterocycles. The van der Waals surface area contributed by atoms with E-state index >= 15 is 0 Å². The number of hydrogen-bond donors (Lipinski definition) is 1. The minimum Gasteiger partial charge on any atom is -0.465 e. The molecule has 0 aromatic heterocycles. The molecule has 1 saturated carbocycles. The maximum Gasteiger partial charge on any atom is 0.316 e. The number of nitrogens with zero attached hydrogens (tertiary/aromatic N) is 1. The Hall–Kier alpha value is -2.91. The van der Waals surface area contributed by atoms with Gasteiger partial charge in [-0.2, -0.15) is 4.31 Å². The Kier molecular flexibility index (Phi) is 8.78. The summed E-state index contributed by atoms with van der Waals surface area (Å²) in [5, 5.41) is 2.99. The van der Waals surface area contributed by atoms with E-state index in [1.54, 1.807) is 31.2 Å². The van der Waals surface area contributed by atoms with E-state index in [2.05, 4.69) is 5.32 Å². The van der Waals surface area contributed by atoms with Crippen molar-refractivity contribution in [2.75, 3.05) is 25.0 Å². The second-order valence-electron chi connectivity index (χ2n) is 9.08. The molecule has 0 radical (unpaired) electrons. The topological polar surface area (TPSA) is 92.8 Å². The monoisotopic (exact) mass is 574 g/mol. The highest BCUT2D eigenvalue weighted by molar-refractivity contribution is 7.89. The van der Waals surface area contributed by atoms with Gasteiger partial charge in [-0.25, -0.2) is 8.42 Å². The lowest BCUT2D eigenvalue weighted by Gasteiger charge is -2.23. The summed E-state index contributed by atoms with van der Waals surface area (Å²) < 4.78 is 33.4. The molecular formula is C28H28Cl2N2O5S. The Balaban J connectivity index is 1.51. The predicted octanol–water partition coefficient (Wildman–Crippen LogP) is 5.46. The number of nitrogens with one attached hydrogen (secondary N) is 1. The van der Waals surface area contributed by atoms with Crippen LogP contribution in [-0.4, -0.2) is 44.3 Å². The highest BCUT2D eigenvalue weighted by Crippen LogP contribution is 2.49. The Morgan fingerprint density at radius 3 is 2.32 bits per heavy atom. The van der Waals surface area contributed by atoms with E-state index in [1.165, 1.54) is 18.2 Å². The third kappa shape index (κ3) is 6.38. The zero-order valence-corrected chi connectivity index (χ0v) is 23.2. The van der Waals surface area contributed by atoms with E-state index in [4.69, 9.17) is 27.9 Å². The van der Waals surface area contributed by atoms with E-state index in [0.717, 1.165) is 28.3 Å². The van der Waals surface area contributed by atoms with Crippen LogP contribution < -0.4 is 5.32 Å². The van der Waals surface area contributed by atoms with Crippen LogP contribution in [0.2, 0.25) is 10.0 Å². The maximum atomic E-state index is 13.6. The van der Waals surface area contributed by atoms with Crippen LogP contribution in [0.3, 0.4) is 0 Å². The Labute approximate surface area is 232 Å². The molecule has 38 heavy (non-hydrogen) atoms. The quantitative estimate of drug-likeness (QED) is 0.307. The number of benzene rings is 3. The average molecular weight is 576 g/mol. The van der Waals surface area contributed by atoms with Gasteiger partial charge in [0.25, 0.3) is 0 Å². The van der Waals surface area contributed by atoms with Gasteiger partial charge in [0, 0.05) is 17.3 Å². The van der Waals surface area contributed by atoms with Gasteiger partial charge in [-0.15, -0.1) is 0 Å². The van der Waals surface area contributed by atoms with Crippen molar-refractivity contribution in [1.29, 1.82) is 0 Å². The standard InChI is InChI=1S/C28H28Cl2N2O5S/c1-2-37-27(34)28(15-16-28)21-8-11-23(12-9-21)31-26(33)19-32(17-14-20-6-4-3-5-7-20)38(35,36)25-18-22(29)10-13-24(25)30/h3-13,18H,2,14-17,19H2,1H3,(H,31,33). The molecular weight excluding hydrogens is 547 g/mol. The molecule has 10 heteroatoms. The summed E-state index contributed by atoms with van der Waals surface area (Å²) in [6, 6.07) is 20.6. The van der Waals surface area contributed by atoms with Gasteiger partial charge in [0.15, 0.2) is 0 Å². The van der Waals surface area contributed by atoms with Gasteiger partial charge < -0.3 is 10.1 Å². The molecule has 4 rings (SSSR count). The summed E-state index contributed by atoms with van der Waals surface area (Å²) in [5.74, 6) is -0.755. The number of carbonyl (C=O) groups excluding carboxylic acids is 2. The molecule has 1 N–H and O–H groups in total. The summed E-state index contributed by atoms with van der Waals surface area (Å²) in [5.41, 5.74) is 1.63. The third-order valence-electron chi connectivity index (χ3n) is 6.46. The summed E-state index contributed by atoms with van der Waals surface area (Å²) in [6.45, 7) is 1.73. The number of ether oxygens (including phenoxy) is 1. The molecule has 0 heterocycles. The Bertz CT molecular complexity index is 1410. The first-order chi connectivity index (χ1) is 18.2. The van der Waals surface area contributed by atoms with E-state index in [9.17, 15) is 18.0 Å². The summed E-state index contributed by atoms with van der Waals surface area (Å²) in [6.07, 6.45) is 1.84. The fourth-order valence-corrected chi connectivity index (χ4v) is 6.37. The van der Waals surface area contributed by atoms with Crippen LogP contribution in [0.5, 0.6) is 0 Å². The van der Waals surface area contributed by atoms with Gasteiger partial charge in [0.05, 0.1) is 23.6 Å². The van der Waals surface area contributed by atoms with Crippen LogP contribution in [0, 0.1) is 0 Å². The highest BCUT2D eigenvalue weighted by atomic mass is 35.5. The number of amides is 1. The van der Waals surface area contributed by atoms with Gasteiger partial charge in [0.2, 0.25) is 15.9 Å². The summed E-state index contributed by atoms with van der Waals surface area (Å²) in [4.78, 5) is 25.2. The van der Waals surface area contributed by atoms with Gasteiger partial charge in [-0.1, -0.05) is 65.7 Å². The van der Waals surface area contributed by atoms with Crippen LogP contribution in [0.15, 0.2) is 77.7 Å². The first-order valence-corrected chi connectivity index (χ1v) is 14.4. The Morgan fingerprint density at radius 2 is 1.68 bits per heavy atom. The van der Waals surface area contributed by atoms with Crippen molar-refractivity contribution in [2.45, 2.75) is 36.5 Å². The lowest BCUT2D eigenvalue weighted by Crippen LogP contribution is -2.39. The zero-order valence-electron chi connectivity index (χ0n) is 20.8. The van der Waals surface area contributed by atoms with E-state index in [0.29, 0.717) is 18.7 Å². The van der Waals surface area contributed by atoms with Crippen molar-refractivity contribution in [2.24, 2.45) is 0 Å². The van der Waals surface area contributed by atoms with Gasteiger partial charge in [-0.3, -0.25) is 9.59 Å². The fourth-order valence-electron chi connectivity index (χ4n) is 4.23. The SMILES string of the molecule is CCOC(=O)C1(c2ccc(NC(=O)CN(CCc3ccccc3)S(=O)(=O)c3cc(Cl)ccc3Cl)cc2)CC1. The lowest BCUT2D eigenvalue weighted by molar-refractivity contribution is -0.146. The molecule has 1 amide bonds. The first kappa shape index (κ1) is 28.1. The van der Waals surface area contributed by atoms with Crippen LogP contribution in [0.4, 0.5) is 5.69 Å². The maximum absolute atomic E-state index is 13.6. The van der Waals surface area contributed by atoms with Crippen molar-refractivity contribution in [3.8, 4) is 0 Å². The van der Waals surface area contributed by atoms with Crippen molar-refractivity contribution < 1.29 is 22.7 Å². The van der Waals surface area contributed by atoms with E-state index in [1.807, 2.05) is 30.3 Å². The van der Waals surface area contributed by atoms with Crippen molar-refractivity contribution in [1.82, 2.24) is 4.31 Å². The molecule has 200 valence electrons. The van der Waals surface area contributed by atoms with Crippen molar-refractivity contribution in [3.05, 3.63) is 94.0 Å². The van der Waals surface area contributed by atoms with Gasteiger partial charge in [0.1, 0.15) is 4.90 Å². The van der Waals surface area contributed by atoms with Crippen molar-refractivity contribution in [3.63, 3.8) is 0 Å². The molecule has 1 aliphatic rings. The smallest absolute Gasteiger partial charge is 0.316 e. The number of hydrogen-bond acceptors (Lipinski definition) is 5. The number of carbonyl (C=O) groups is 2. The Morgan fingerprint density at radius 1 is 1.00 bits per heavy atom. The average Bonchev–Trinajstić information content (AvgIpc) is 3.71. The molecule has 0 atom stereocenters. The van der Waals surface area contributed by atoms with E-state index in [-0.39, 0.29) is 27.5 Å². The van der Waals surface area contributed by atoms with E-state index < -0.39 is 27.9 Å². The number of esters is 1. The molecule has 3 aromatic carbocycles. The van der Waals surface area contributed by atoms with Crippen LogP contribution >= 0.6 is 23.2 Å². The zero-order chi connectivity index (χ0) is 27.3. The number of halogens is 2. The normalized spacial score (nSPS) is 14.2. The first-order valence-electron chi connectivity index (χ1n) is 12.2. The predicted molar refractivity (Wildman–Crippen MR) is 148 cm³/mol. The second-order valence-corrected chi connectivity index (χ2v) is 11.8. The molecule has 1 aliphatic carbocycles. The second kappa shape index (κ2) is 11.9.